The molecule has 134 valence electrons. The summed E-state index contributed by atoms with van der Waals surface area (Å²) in [5.41, 5.74) is 2.97. The van der Waals surface area contributed by atoms with Crippen molar-refractivity contribution in [3.05, 3.63) is 29.3 Å². The van der Waals surface area contributed by atoms with Crippen LogP contribution in [0.2, 0.25) is 0 Å². The van der Waals surface area contributed by atoms with Crippen molar-refractivity contribution in [1.82, 2.24) is 4.90 Å². The second-order valence-corrected chi connectivity index (χ2v) is 7.51. The fraction of sp³-hybridized carbons (Fsp3) is 0.579. The van der Waals surface area contributed by atoms with Gasteiger partial charge in [-0.25, -0.2) is 0 Å². The molecule has 0 aliphatic rings. The molecule has 1 aromatic carbocycles. The lowest BCUT2D eigenvalue weighted by atomic mass is 10.0. The smallest absolute Gasteiger partial charge is 0.326 e. The van der Waals surface area contributed by atoms with Gasteiger partial charge in [-0.2, -0.15) is 0 Å². The largest absolute Gasteiger partial charge is 0.459 e. The van der Waals surface area contributed by atoms with E-state index in [1.165, 1.54) is 18.4 Å². The van der Waals surface area contributed by atoms with Crippen LogP contribution in [0.1, 0.15) is 51.7 Å². The monoisotopic (exact) mass is 350 g/mol. The van der Waals surface area contributed by atoms with Crippen molar-refractivity contribution in [3.8, 4) is 0 Å². The molecule has 4 nitrogen and oxygen atoms in total. The van der Waals surface area contributed by atoms with E-state index >= 15 is 0 Å². The molecule has 0 spiro atoms. The number of unbranched alkanes of at least 4 members (excludes halogenated alkanes) is 1. The standard InChI is InChI=1S/C19H30N2O2S/c1-7-8-9-15-10-11-16(14(2)12-15)20-18(24)21(6)13-17(22)23-19(3,4)5/h10-12H,7-9,13H2,1-6H3,(H,20,24). The second kappa shape index (κ2) is 9.02. The van der Waals surface area contributed by atoms with Crippen LogP contribution in [-0.2, 0) is 16.0 Å². The molecule has 5 heteroatoms. The molecule has 0 amide bonds. The minimum atomic E-state index is -0.488. The highest BCUT2D eigenvalue weighted by Crippen LogP contribution is 2.18. The maximum Gasteiger partial charge on any atom is 0.326 e. The number of likely N-dealkylation sites (N-methyl/N-ethyl adjacent to an activating group) is 1. The molecule has 0 aromatic heterocycles. The number of thiocarbonyl (C=S) groups is 1. The maximum absolute atomic E-state index is 11.9. The van der Waals surface area contributed by atoms with Crippen LogP contribution in [0.5, 0.6) is 0 Å². The molecule has 0 atom stereocenters. The number of hydrogen-bond donors (Lipinski definition) is 1. The summed E-state index contributed by atoms with van der Waals surface area (Å²) in [6, 6.07) is 6.36. The molecular weight excluding hydrogens is 320 g/mol. The van der Waals surface area contributed by atoms with Crippen LogP contribution in [0.3, 0.4) is 0 Å². The van der Waals surface area contributed by atoms with Crippen molar-refractivity contribution in [2.45, 2.75) is 59.5 Å². The molecule has 0 fully saturated rings. The fourth-order valence-corrected chi connectivity index (χ4v) is 2.43. The number of carbonyl (C=O) groups excluding carboxylic acids is 1. The Morgan fingerprint density at radius 3 is 2.54 bits per heavy atom. The Morgan fingerprint density at radius 2 is 2.00 bits per heavy atom. The SMILES string of the molecule is CCCCc1ccc(NC(=S)N(C)CC(=O)OC(C)(C)C)c(C)c1. The van der Waals surface area contributed by atoms with Gasteiger partial charge in [0, 0.05) is 12.7 Å². The molecule has 0 aliphatic carbocycles. The molecule has 1 N–H and O–H groups in total. The van der Waals surface area contributed by atoms with Gasteiger partial charge in [-0.15, -0.1) is 0 Å². The Morgan fingerprint density at radius 1 is 1.33 bits per heavy atom. The lowest BCUT2D eigenvalue weighted by molar-refractivity contribution is -0.154. The molecule has 1 rings (SSSR count). The topological polar surface area (TPSA) is 41.6 Å². The van der Waals surface area contributed by atoms with E-state index in [-0.39, 0.29) is 12.5 Å². The van der Waals surface area contributed by atoms with Gasteiger partial charge in [0.1, 0.15) is 12.1 Å². The highest BCUT2D eigenvalue weighted by atomic mass is 32.1. The van der Waals surface area contributed by atoms with Crippen LogP contribution < -0.4 is 5.32 Å². The van der Waals surface area contributed by atoms with Gasteiger partial charge in [-0.1, -0.05) is 25.5 Å². The summed E-state index contributed by atoms with van der Waals surface area (Å²) in [6.07, 6.45) is 3.49. The quantitative estimate of drug-likeness (QED) is 0.612. The average Bonchev–Trinajstić information content (AvgIpc) is 2.45. The average molecular weight is 351 g/mol. The number of aryl methyl sites for hydroxylation is 2. The van der Waals surface area contributed by atoms with E-state index in [9.17, 15) is 4.79 Å². The van der Waals surface area contributed by atoms with E-state index in [0.717, 1.165) is 17.7 Å². The summed E-state index contributed by atoms with van der Waals surface area (Å²) in [5, 5.41) is 3.72. The number of hydrogen-bond acceptors (Lipinski definition) is 3. The normalized spacial score (nSPS) is 11.1. The number of rotatable bonds is 6. The minimum Gasteiger partial charge on any atom is -0.459 e. The van der Waals surface area contributed by atoms with Gasteiger partial charge in [-0.3, -0.25) is 4.79 Å². The van der Waals surface area contributed by atoms with E-state index in [4.69, 9.17) is 17.0 Å². The highest BCUT2D eigenvalue weighted by molar-refractivity contribution is 7.80. The molecule has 0 saturated heterocycles. The fourth-order valence-electron chi connectivity index (χ4n) is 2.25. The number of ether oxygens (including phenoxy) is 1. The Bertz CT molecular complexity index is 579. The zero-order valence-electron chi connectivity index (χ0n) is 15.7. The summed E-state index contributed by atoms with van der Waals surface area (Å²) >= 11 is 5.39. The van der Waals surface area contributed by atoms with Crippen molar-refractivity contribution in [2.24, 2.45) is 0 Å². The molecule has 1 aromatic rings. The molecule has 0 bridgehead atoms. The first-order valence-electron chi connectivity index (χ1n) is 8.46. The molecule has 0 aliphatic heterocycles. The van der Waals surface area contributed by atoms with Crippen LogP contribution in [-0.4, -0.2) is 35.2 Å². The molecular formula is C19H30N2O2S. The number of benzene rings is 1. The van der Waals surface area contributed by atoms with Crippen molar-refractivity contribution in [2.75, 3.05) is 18.9 Å². The summed E-state index contributed by atoms with van der Waals surface area (Å²) in [5.74, 6) is -0.291. The van der Waals surface area contributed by atoms with E-state index in [1.807, 2.05) is 26.8 Å². The van der Waals surface area contributed by atoms with Gasteiger partial charge in [0.25, 0.3) is 0 Å². The summed E-state index contributed by atoms with van der Waals surface area (Å²) in [6.45, 7) is 9.94. The van der Waals surface area contributed by atoms with Crippen LogP contribution >= 0.6 is 12.2 Å². The second-order valence-electron chi connectivity index (χ2n) is 7.13. The first kappa shape index (κ1) is 20.4. The third kappa shape index (κ3) is 7.30. The number of nitrogens with zero attached hydrogens (tertiary/aromatic N) is 1. The van der Waals surface area contributed by atoms with Crippen LogP contribution in [0.4, 0.5) is 5.69 Å². The zero-order valence-corrected chi connectivity index (χ0v) is 16.5. The van der Waals surface area contributed by atoms with Crippen LogP contribution in [0.25, 0.3) is 0 Å². The van der Waals surface area contributed by atoms with Gasteiger partial charge < -0.3 is 15.0 Å². The van der Waals surface area contributed by atoms with Crippen molar-refractivity contribution in [1.29, 1.82) is 0 Å². The Labute approximate surface area is 151 Å². The van der Waals surface area contributed by atoms with Gasteiger partial charge in [0.05, 0.1) is 0 Å². The molecule has 0 radical (unpaired) electrons. The summed E-state index contributed by atoms with van der Waals surface area (Å²) in [7, 11) is 1.78. The van der Waals surface area contributed by atoms with E-state index in [2.05, 4.69) is 31.3 Å². The molecule has 0 unspecified atom stereocenters. The van der Waals surface area contributed by atoms with E-state index in [1.54, 1.807) is 11.9 Å². The first-order chi connectivity index (χ1) is 11.1. The third-order valence-corrected chi connectivity index (χ3v) is 3.90. The Hall–Kier alpha value is -1.62. The van der Waals surface area contributed by atoms with E-state index < -0.39 is 5.60 Å². The first-order valence-corrected chi connectivity index (χ1v) is 8.86. The molecule has 24 heavy (non-hydrogen) atoms. The van der Waals surface area contributed by atoms with Crippen molar-refractivity contribution in [3.63, 3.8) is 0 Å². The Balaban J connectivity index is 2.62. The minimum absolute atomic E-state index is 0.122. The number of carbonyl (C=O) groups is 1. The van der Waals surface area contributed by atoms with Crippen LogP contribution in [0.15, 0.2) is 18.2 Å². The highest BCUT2D eigenvalue weighted by Gasteiger charge is 2.18. The van der Waals surface area contributed by atoms with Gasteiger partial charge in [0.15, 0.2) is 5.11 Å². The maximum atomic E-state index is 11.9. The Kier molecular flexibility index (Phi) is 7.67. The summed E-state index contributed by atoms with van der Waals surface area (Å²) in [4.78, 5) is 13.6. The van der Waals surface area contributed by atoms with Crippen LogP contribution in [0, 0.1) is 6.92 Å². The predicted octanol–water partition coefficient (Wildman–Crippen LogP) is 4.31. The zero-order chi connectivity index (χ0) is 18.3. The van der Waals surface area contributed by atoms with Crippen molar-refractivity contribution >= 4 is 29.0 Å². The number of nitrogens with one attached hydrogen (secondary N) is 1. The number of esters is 1. The predicted molar refractivity (Wildman–Crippen MR) is 104 cm³/mol. The van der Waals surface area contributed by atoms with Crippen molar-refractivity contribution < 1.29 is 9.53 Å². The van der Waals surface area contributed by atoms with Gasteiger partial charge >= 0.3 is 5.97 Å². The third-order valence-electron chi connectivity index (χ3n) is 3.48. The van der Waals surface area contributed by atoms with Gasteiger partial charge in [0.2, 0.25) is 0 Å². The van der Waals surface area contributed by atoms with E-state index in [0.29, 0.717) is 5.11 Å². The summed E-state index contributed by atoms with van der Waals surface area (Å²) < 4.78 is 5.32. The van der Waals surface area contributed by atoms with Gasteiger partial charge in [-0.05, 0) is 69.9 Å². The number of anilines is 1. The molecule has 0 saturated carbocycles. The molecule has 0 heterocycles. The lowest BCUT2D eigenvalue weighted by Gasteiger charge is -2.24. The lowest BCUT2D eigenvalue weighted by Crippen LogP contribution is -2.38.